The highest BCUT2D eigenvalue weighted by atomic mass is 16.6. The molecule has 0 saturated heterocycles. The number of ether oxygens (including phenoxy) is 4. The first kappa shape index (κ1) is 31.5. The standard InChI is InChI=1S/C28H54O6/c1-26(30)23-34-28(25-33-22-21-31-20-18-29)24-32-19-14-9-7-5-3-2-4-6-8-11-15-27-16-12-10-13-17-27/h27-29H,2-25H2,1H3. The Morgan fingerprint density at radius 1 is 0.735 bits per heavy atom. The molecule has 0 spiro atoms. The summed E-state index contributed by atoms with van der Waals surface area (Å²) in [6, 6.07) is 0. The van der Waals surface area contributed by atoms with Crippen molar-refractivity contribution in [1.29, 1.82) is 0 Å². The zero-order valence-corrected chi connectivity index (χ0v) is 22.1. The van der Waals surface area contributed by atoms with E-state index in [4.69, 9.17) is 24.1 Å². The van der Waals surface area contributed by atoms with E-state index in [-0.39, 0.29) is 25.1 Å². The van der Waals surface area contributed by atoms with Gasteiger partial charge in [-0.15, -0.1) is 0 Å². The van der Waals surface area contributed by atoms with E-state index in [1.165, 1.54) is 103 Å². The monoisotopic (exact) mass is 486 g/mol. The molecule has 6 heteroatoms. The van der Waals surface area contributed by atoms with Crippen molar-refractivity contribution in [3.8, 4) is 0 Å². The molecule has 34 heavy (non-hydrogen) atoms. The van der Waals surface area contributed by atoms with Crippen LogP contribution in [0.3, 0.4) is 0 Å². The molecule has 1 aliphatic rings. The Hall–Kier alpha value is -0.530. The van der Waals surface area contributed by atoms with Crippen molar-refractivity contribution in [2.24, 2.45) is 5.92 Å². The molecule has 0 aromatic rings. The summed E-state index contributed by atoms with van der Waals surface area (Å²) in [7, 11) is 0. The normalized spacial score (nSPS) is 15.6. The van der Waals surface area contributed by atoms with E-state index >= 15 is 0 Å². The van der Waals surface area contributed by atoms with Crippen LogP contribution in [-0.4, -0.2) is 69.8 Å². The Morgan fingerprint density at radius 2 is 1.29 bits per heavy atom. The Labute approximate surface area is 209 Å². The number of carbonyl (C=O) groups is 1. The maximum Gasteiger partial charge on any atom is 0.155 e. The molecule has 1 N–H and O–H groups in total. The zero-order valence-electron chi connectivity index (χ0n) is 22.1. The first-order valence-electron chi connectivity index (χ1n) is 14.2. The average molecular weight is 487 g/mol. The lowest BCUT2D eigenvalue weighted by Crippen LogP contribution is -2.28. The van der Waals surface area contributed by atoms with Gasteiger partial charge in [-0.2, -0.15) is 0 Å². The van der Waals surface area contributed by atoms with Gasteiger partial charge < -0.3 is 24.1 Å². The molecule has 0 bridgehead atoms. The lowest BCUT2D eigenvalue weighted by atomic mass is 9.85. The third-order valence-corrected chi connectivity index (χ3v) is 6.61. The minimum absolute atomic E-state index is 0.00396. The number of hydrogen-bond donors (Lipinski definition) is 1. The van der Waals surface area contributed by atoms with Gasteiger partial charge in [0.2, 0.25) is 0 Å². The summed E-state index contributed by atoms with van der Waals surface area (Å²) >= 11 is 0. The number of unbranched alkanes of at least 4 members (excludes halogenated alkanes) is 9. The van der Waals surface area contributed by atoms with Crippen LogP contribution in [-0.2, 0) is 23.7 Å². The minimum atomic E-state index is -0.246. The van der Waals surface area contributed by atoms with E-state index in [0.29, 0.717) is 33.0 Å². The molecule has 0 aliphatic heterocycles. The van der Waals surface area contributed by atoms with Gasteiger partial charge in [-0.1, -0.05) is 96.3 Å². The molecule has 1 aliphatic carbocycles. The predicted molar refractivity (Wildman–Crippen MR) is 137 cm³/mol. The van der Waals surface area contributed by atoms with Crippen molar-refractivity contribution in [2.45, 2.75) is 116 Å². The van der Waals surface area contributed by atoms with Crippen molar-refractivity contribution in [3.05, 3.63) is 0 Å². The molecule has 6 nitrogen and oxygen atoms in total. The summed E-state index contributed by atoms with van der Waals surface area (Å²) in [6.07, 6.45) is 22.0. The molecular weight excluding hydrogens is 432 g/mol. The fourth-order valence-electron chi connectivity index (χ4n) is 4.62. The van der Waals surface area contributed by atoms with Gasteiger partial charge in [0.1, 0.15) is 12.7 Å². The summed E-state index contributed by atoms with van der Waals surface area (Å²) in [4.78, 5) is 11.2. The number of Topliss-reactive ketones (excluding diaryl/α,β-unsaturated/α-hetero) is 1. The number of aliphatic hydroxyl groups excluding tert-OH is 1. The van der Waals surface area contributed by atoms with Gasteiger partial charge in [0.05, 0.1) is 39.6 Å². The zero-order chi connectivity index (χ0) is 24.5. The van der Waals surface area contributed by atoms with Gasteiger partial charge >= 0.3 is 0 Å². The van der Waals surface area contributed by atoms with Crippen LogP contribution in [0.5, 0.6) is 0 Å². The van der Waals surface area contributed by atoms with Gasteiger partial charge in [0, 0.05) is 6.61 Å². The lowest BCUT2D eigenvalue weighted by molar-refractivity contribution is -0.127. The summed E-state index contributed by atoms with van der Waals surface area (Å²) in [5, 5.41) is 8.68. The molecule has 1 rings (SSSR count). The minimum Gasteiger partial charge on any atom is -0.394 e. The van der Waals surface area contributed by atoms with Crippen LogP contribution < -0.4 is 0 Å². The Bertz CT molecular complexity index is 439. The van der Waals surface area contributed by atoms with Gasteiger partial charge in [-0.05, 0) is 19.3 Å². The second kappa shape index (κ2) is 24.2. The Kier molecular flexibility index (Phi) is 22.4. The molecular formula is C28H54O6. The van der Waals surface area contributed by atoms with Crippen molar-refractivity contribution in [1.82, 2.24) is 0 Å². The summed E-state index contributed by atoms with van der Waals surface area (Å²) < 4.78 is 22.1. The van der Waals surface area contributed by atoms with Crippen LogP contribution in [0.25, 0.3) is 0 Å². The average Bonchev–Trinajstić information content (AvgIpc) is 2.84. The van der Waals surface area contributed by atoms with E-state index in [1.807, 2.05) is 0 Å². The van der Waals surface area contributed by atoms with Gasteiger partial charge in [0.25, 0.3) is 0 Å². The maximum atomic E-state index is 11.2. The highest BCUT2D eigenvalue weighted by molar-refractivity contribution is 5.76. The van der Waals surface area contributed by atoms with E-state index in [9.17, 15) is 4.79 Å². The number of rotatable bonds is 25. The third-order valence-electron chi connectivity index (χ3n) is 6.61. The van der Waals surface area contributed by atoms with Gasteiger partial charge in [-0.3, -0.25) is 4.79 Å². The number of aliphatic hydroxyl groups is 1. The number of hydrogen-bond acceptors (Lipinski definition) is 6. The second-order valence-electron chi connectivity index (χ2n) is 9.95. The van der Waals surface area contributed by atoms with Gasteiger partial charge in [0.15, 0.2) is 5.78 Å². The number of carbonyl (C=O) groups excluding carboxylic acids is 1. The van der Waals surface area contributed by atoms with Crippen molar-refractivity contribution in [3.63, 3.8) is 0 Å². The molecule has 0 radical (unpaired) electrons. The summed E-state index contributed by atoms with van der Waals surface area (Å²) in [6.45, 7) is 4.32. The fourth-order valence-corrected chi connectivity index (χ4v) is 4.62. The second-order valence-corrected chi connectivity index (χ2v) is 9.95. The van der Waals surface area contributed by atoms with Crippen molar-refractivity contribution in [2.75, 3.05) is 52.9 Å². The SMILES string of the molecule is CC(=O)COC(COCCCCCCCCCCCCC1CCCCC1)COCCOCCO. The van der Waals surface area contributed by atoms with Gasteiger partial charge in [-0.25, -0.2) is 0 Å². The van der Waals surface area contributed by atoms with E-state index in [0.717, 1.165) is 18.9 Å². The number of ketones is 1. The van der Waals surface area contributed by atoms with Crippen molar-refractivity contribution < 1.29 is 28.8 Å². The molecule has 0 heterocycles. The first-order valence-corrected chi connectivity index (χ1v) is 14.2. The summed E-state index contributed by atoms with van der Waals surface area (Å²) in [5.41, 5.74) is 0. The largest absolute Gasteiger partial charge is 0.394 e. The Balaban J connectivity index is 1.87. The molecule has 202 valence electrons. The molecule has 0 aromatic carbocycles. The fraction of sp³-hybridized carbons (Fsp3) is 0.964. The van der Waals surface area contributed by atoms with E-state index in [2.05, 4.69) is 0 Å². The molecule has 1 fully saturated rings. The van der Waals surface area contributed by atoms with Crippen LogP contribution in [0.15, 0.2) is 0 Å². The summed E-state index contributed by atoms with van der Waals surface area (Å²) in [5.74, 6) is 1.05. The molecule has 1 atom stereocenters. The molecule has 1 saturated carbocycles. The van der Waals surface area contributed by atoms with Crippen LogP contribution in [0.1, 0.15) is 110 Å². The molecule has 0 aromatic heterocycles. The third kappa shape index (κ3) is 20.8. The van der Waals surface area contributed by atoms with E-state index < -0.39 is 0 Å². The van der Waals surface area contributed by atoms with E-state index in [1.54, 1.807) is 0 Å². The highest BCUT2D eigenvalue weighted by Crippen LogP contribution is 2.28. The predicted octanol–water partition coefficient (Wildman–Crippen LogP) is 5.87. The lowest BCUT2D eigenvalue weighted by Gasteiger charge is -2.21. The Morgan fingerprint density at radius 3 is 1.91 bits per heavy atom. The maximum absolute atomic E-state index is 11.2. The van der Waals surface area contributed by atoms with Crippen LogP contribution in [0, 0.1) is 5.92 Å². The van der Waals surface area contributed by atoms with Crippen LogP contribution in [0.4, 0.5) is 0 Å². The van der Waals surface area contributed by atoms with Crippen LogP contribution in [0.2, 0.25) is 0 Å². The quantitative estimate of drug-likeness (QED) is 0.163. The van der Waals surface area contributed by atoms with Crippen molar-refractivity contribution >= 4 is 5.78 Å². The van der Waals surface area contributed by atoms with Crippen LogP contribution >= 0.6 is 0 Å². The smallest absolute Gasteiger partial charge is 0.155 e. The molecule has 0 amide bonds. The molecule has 1 unspecified atom stereocenters. The topological polar surface area (TPSA) is 74.2 Å². The first-order chi connectivity index (χ1) is 16.7. The highest BCUT2D eigenvalue weighted by Gasteiger charge is 2.13.